The van der Waals surface area contributed by atoms with Gasteiger partial charge in [-0.15, -0.1) is 0 Å². The Morgan fingerprint density at radius 3 is 1.20 bits per heavy atom. The summed E-state index contributed by atoms with van der Waals surface area (Å²) < 4.78 is 15.6. The van der Waals surface area contributed by atoms with Crippen molar-refractivity contribution in [1.29, 1.82) is 0 Å². The zero-order chi connectivity index (χ0) is 32.0. The molecule has 0 aliphatic carbocycles. The molecular weight excluding hydrogens is 564 g/mol. The second-order valence-electron chi connectivity index (χ2n) is 8.96. The lowest BCUT2D eigenvalue weighted by atomic mass is 10.1. The van der Waals surface area contributed by atoms with E-state index in [0.29, 0.717) is 28.2 Å². The number of esters is 3. The van der Waals surface area contributed by atoms with Crippen LogP contribution in [0.2, 0.25) is 0 Å². The molecule has 0 N–H and O–H groups in total. The van der Waals surface area contributed by atoms with Gasteiger partial charge in [0.25, 0.3) is 0 Å². The summed E-state index contributed by atoms with van der Waals surface area (Å²) in [7, 11) is 0. The Balaban J connectivity index is 1.47. The Morgan fingerprint density at radius 1 is 0.444 bits per heavy atom. The second-order valence-corrected chi connectivity index (χ2v) is 8.96. The van der Waals surface area contributed by atoms with Crippen LogP contribution >= 0.6 is 0 Å². The van der Waals surface area contributed by atoms with E-state index in [1.54, 1.807) is 66.7 Å². The highest BCUT2D eigenvalue weighted by molar-refractivity contribution is 5.84. The minimum Gasteiger partial charge on any atom is -0.423 e. The highest BCUT2D eigenvalue weighted by atomic mass is 16.5. The van der Waals surface area contributed by atoms with Crippen LogP contribution in [0.5, 0.6) is 17.2 Å². The molecule has 4 rings (SSSR count). The van der Waals surface area contributed by atoms with Crippen LogP contribution in [-0.4, -0.2) is 17.9 Å². The van der Waals surface area contributed by atoms with Gasteiger partial charge in [0.2, 0.25) is 0 Å². The predicted octanol–water partition coefficient (Wildman–Crippen LogP) is 6.16. The lowest BCUT2D eigenvalue weighted by molar-refractivity contribution is -0.129. The van der Waals surface area contributed by atoms with Gasteiger partial charge >= 0.3 is 17.9 Å². The first-order valence-corrected chi connectivity index (χ1v) is 13.4. The average molecular weight is 589 g/mol. The summed E-state index contributed by atoms with van der Waals surface area (Å²) in [6.07, 6.45) is 3.25. The molecule has 0 unspecified atom stereocenters. The summed E-state index contributed by atoms with van der Waals surface area (Å²) in [4.78, 5) is 34.6. The van der Waals surface area contributed by atoms with Crippen molar-refractivity contribution >= 4 is 17.9 Å². The van der Waals surface area contributed by atoms with E-state index in [4.69, 9.17) is 14.2 Å². The van der Waals surface area contributed by atoms with Crippen LogP contribution in [0.1, 0.15) is 33.4 Å². The molecule has 0 bridgehead atoms. The first kappa shape index (κ1) is 31.1. The second kappa shape index (κ2) is 15.4. The van der Waals surface area contributed by atoms with Crippen molar-refractivity contribution < 1.29 is 28.6 Å². The highest BCUT2D eigenvalue weighted by Gasteiger charge is 2.07. The first-order chi connectivity index (χ1) is 21.8. The summed E-state index contributed by atoms with van der Waals surface area (Å²) in [5.74, 6) is 17.7. The molecule has 0 spiro atoms. The van der Waals surface area contributed by atoms with Crippen molar-refractivity contribution in [2.24, 2.45) is 0 Å². The summed E-state index contributed by atoms with van der Waals surface area (Å²) in [6, 6.07) is 26.1. The van der Waals surface area contributed by atoms with Crippen molar-refractivity contribution in [3.63, 3.8) is 0 Å². The monoisotopic (exact) mass is 588 g/mol. The Hall–Kier alpha value is -6.81. The van der Waals surface area contributed by atoms with E-state index in [2.05, 4.69) is 55.3 Å². The van der Waals surface area contributed by atoms with Gasteiger partial charge in [-0.05, 0) is 91.0 Å². The zero-order valence-corrected chi connectivity index (χ0v) is 24.0. The molecule has 0 saturated heterocycles. The molecule has 0 radical (unpaired) electrons. The maximum absolute atomic E-state index is 12.0. The molecule has 45 heavy (non-hydrogen) atoms. The first-order valence-electron chi connectivity index (χ1n) is 13.4. The Labute approximate surface area is 261 Å². The molecule has 0 aliphatic rings. The van der Waals surface area contributed by atoms with Crippen molar-refractivity contribution in [2.75, 3.05) is 0 Å². The quantitative estimate of drug-likeness (QED) is 0.116. The van der Waals surface area contributed by atoms with Crippen molar-refractivity contribution in [2.45, 2.75) is 0 Å². The molecule has 0 fully saturated rings. The topological polar surface area (TPSA) is 78.9 Å². The van der Waals surface area contributed by atoms with Crippen LogP contribution < -0.4 is 14.2 Å². The number of ether oxygens (including phenoxy) is 3. The molecule has 0 amide bonds. The van der Waals surface area contributed by atoms with Crippen LogP contribution in [0.25, 0.3) is 0 Å². The van der Waals surface area contributed by atoms with Crippen LogP contribution in [0.3, 0.4) is 0 Å². The van der Waals surface area contributed by atoms with Gasteiger partial charge < -0.3 is 14.2 Å². The molecule has 216 valence electrons. The fourth-order valence-electron chi connectivity index (χ4n) is 3.53. The lowest BCUT2D eigenvalue weighted by Crippen LogP contribution is -2.04. The maximum atomic E-state index is 12.0. The highest BCUT2D eigenvalue weighted by Crippen LogP contribution is 2.21. The molecule has 4 aromatic rings. The Morgan fingerprint density at radius 2 is 0.778 bits per heavy atom. The van der Waals surface area contributed by atoms with Crippen molar-refractivity contribution in [1.82, 2.24) is 0 Å². The van der Waals surface area contributed by atoms with E-state index in [-0.39, 0.29) is 5.75 Å². The van der Waals surface area contributed by atoms with Gasteiger partial charge in [-0.1, -0.05) is 55.3 Å². The minimum absolute atomic E-state index is 0.244. The lowest BCUT2D eigenvalue weighted by Gasteiger charge is -2.05. The van der Waals surface area contributed by atoms with E-state index >= 15 is 0 Å². The largest absolute Gasteiger partial charge is 0.423 e. The van der Waals surface area contributed by atoms with Gasteiger partial charge in [-0.3, -0.25) is 0 Å². The maximum Gasteiger partial charge on any atom is 0.335 e. The molecule has 0 heterocycles. The number of benzene rings is 4. The van der Waals surface area contributed by atoms with E-state index in [0.717, 1.165) is 34.9 Å². The number of carbonyl (C=O) groups is 3. The van der Waals surface area contributed by atoms with Crippen LogP contribution in [0, 0.1) is 35.5 Å². The van der Waals surface area contributed by atoms with Crippen LogP contribution in [0.15, 0.2) is 129 Å². The van der Waals surface area contributed by atoms with E-state index in [1.165, 1.54) is 0 Å². The number of rotatable bonds is 6. The van der Waals surface area contributed by atoms with E-state index in [1.807, 2.05) is 24.3 Å². The van der Waals surface area contributed by atoms with Crippen molar-refractivity contribution in [3.05, 3.63) is 162 Å². The van der Waals surface area contributed by atoms with Crippen LogP contribution in [-0.2, 0) is 14.4 Å². The van der Waals surface area contributed by atoms with Crippen molar-refractivity contribution in [3.8, 4) is 52.8 Å². The van der Waals surface area contributed by atoms with Gasteiger partial charge in [-0.2, -0.15) is 0 Å². The van der Waals surface area contributed by atoms with E-state index < -0.39 is 17.9 Å². The molecule has 0 atom stereocenters. The molecule has 0 saturated carbocycles. The summed E-state index contributed by atoms with van der Waals surface area (Å²) >= 11 is 0. The molecule has 6 nitrogen and oxygen atoms in total. The molecule has 0 aliphatic heterocycles. The fraction of sp³-hybridized carbons (Fsp3) is 0. The third kappa shape index (κ3) is 9.62. The van der Waals surface area contributed by atoms with Gasteiger partial charge in [0.05, 0.1) is 5.56 Å². The summed E-state index contributed by atoms with van der Waals surface area (Å²) in [6.45, 7) is 10.2. The Bertz CT molecular complexity index is 1960. The number of carbonyl (C=O) groups excluding carboxylic acids is 3. The fourth-order valence-corrected chi connectivity index (χ4v) is 3.53. The smallest absolute Gasteiger partial charge is 0.335 e. The summed E-state index contributed by atoms with van der Waals surface area (Å²) in [5.41, 5.74) is 4.10. The third-order valence-electron chi connectivity index (χ3n) is 5.77. The van der Waals surface area contributed by atoms with E-state index in [9.17, 15) is 14.4 Å². The average Bonchev–Trinajstić information content (AvgIpc) is 3.07. The third-order valence-corrected chi connectivity index (χ3v) is 5.77. The molecular formula is C39H24O6. The summed E-state index contributed by atoms with van der Waals surface area (Å²) in [5, 5.41) is 0. The van der Waals surface area contributed by atoms with Crippen LogP contribution in [0.4, 0.5) is 0 Å². The molecule has 4 aromatic carbocycles. The number of hydrogen-bond donors (Lipinski definition) is 0. The normalized spacial score (nSPS) is 9.33. The molecule has 6 heteroatoms. The molecule has 0 aromatic heterocycles. The van der Waals surface area contributed by atoms with Gasteiger partial charge in [0.1, 0.15) is 17.2 Å². The zero-order valence-electron chi connectivity index (χ0n) is 24.0. The predicted molar refractivity (Wildman–Crippen MR) is 171 cm³/mol. The number of hydrogen-bond acceptors (Lipinski definition) is 6. The minimum atomic E-state index is -0.625. The SMILES string of the molecule is C=CC(=O)Oc1ccc(C#Cc2ccc(C#Cc3ccc(C#Cc4ccc(OC(=O)C=C)cc4)c(OC(=O)C=C)c3)cc2)cc1. The standard InChI is InChI=1S/C39H24O6/c1-4-37(40)43-34-23-17-30(18-24-34)12-11-28-7-9-29(10-8-28)13-14-32-16-22-33(36(27-32)45-39(42)6-3)21-15-31-19-25-35(26-20-31)44-38(41)5-2/h4-10,16-20,22-27H,1-3H2. The van der Waals surface area contributed by atoms with Gasteiger partial charge in [0.15, 0.2) is 0 Å². The van der Waals surface area contributed by atoms with Gasteiger partial charge in [-0.25, -0.2) is 14.4 Å². The van der Waals surface area contributed by atoms with Gasteiger partial charge in [0, 0.05) is 46.0 Å². The Kier molecular flexibility index (Phi) is 10.7.